The maximum Gasteiger partial charge on any atom is 0.257 e. The number of hydrogen-bond donors (Lipinski definition) is 3. The van der Waals surface area contributed by atoms with Gasteiger partial charge in [0.1, 0.15) is 5.82 Å². The van der Waals surface area contributed by atoms with Crippen LogP contribution < -0.4 is 15.1 Å². The van der Waals surface area contributed by atoms with Crippen molar-refractivity contribution in [1.82, 2.24) is 20.2 Å². The van der Waals surface area contributed by atoms with Crippen LogP contribution in [0.5, 0.6) is 0 Å². The van der Waals surface area contributed by atoms with E-state index >= 15 is 0 Å². The van der Waals surface area contributed by atoms with Crippen LogP contribution in [0.1, 0.15) is 29.6 Å². The number of aliphatic hydroxyl groups excluding tert-OH is 1. The smallest absolute Gasteiger partial charge is 0.257 e. The zero-order valence-corrected chi connectivity index (χ0v) is 16.0. The molecule has 9 nitrogen and oxygen atoms in total. The Balaban J connectivity index is 1.32. The first-order valence-electron chi connectivity index (χ1n) is 9.97. The minimum atomic E-state index is -0.310. The first-order chi connectivity index (χ1) is 14.2. The lowest BCUT2D eigenvalue weighted by atomic mass is 10.2. The summed E-state index contributed by atoms with van der Waals surface area (Å²) in [4.78, 5) is 25.7. The van der Waals surface area contributed by atoms with Crippen molar-refractivity contribution < 1.29 is 9.90 Å². The zero-order chi connectivity index (χ0) is 19.8. The van der Waals surface area contributed by atoms with E-state index in [9.17, 15) is 9.90 Å². The Morgan fingerprint density at radius 1 is 1.14 bits per heavy atom. The molecular formula is C20H23N7O2. The molecule has 2 aliphatic rings. The van der Waals surface area contributed by atoms with Crippen molar-refractivity contribution in [2.45, 2.75) is 25.4 Å². The van der Waals surface area contributed by atoms with Gasteiger partial charge in [-0.2, -0.15) is 5.10 Å². The molecule has 0 spiro atoms. The molecule has 2 saturated heterocycles. The molecule has 3 aromatic heterocycles. The highest BCUT2D eigenvalue weighted by Crippen LogP contribution is 2.28. The molecule has 0 radical (unpaired) electrons. The van der Waals surface area contributed by atoms with Crippen molar-refractivity contribution in [3.8, 4) is 0 Å². The molecule has 9 heteroatoms. The van der Waals surface area contributed by atoms with Gasteiger partial charge < -0.3 is 20.2 Å². The summed E-state index contributed by atoms with van der Waals surface area (Å²) in [6.07, 6.45) is 5.95. The van der Waals surface area contributed by atoms with E-state index in [-0.39, 0.29) is 12.0 Å². The lowest BCUT2D eigenvalue weighted by Crippen LogP contribution is -2.22. The Morgan fingerprint density at radius 3 is 2.72 bits per heavy atom. The quantitative estimate of drug-likeness (QED) is 0.620. The monoisotopic (exact) mass is 393 g/mol. The lowest BCUT2D eigenvalue weighted by molar-refractivity contribution is 0.102. The van der Waals surface area contributed by atoms with Crippen molar-refractivity contribution in [2.24, 2.45) is 0 Å². The van der Waals surface area contributed by atoms with Crippen LogP contribution in [0.25, 0.3) is 11.0 Å². The summed E-state index contributed by atoms with van der Waals surface area (Å²) in [5.74, 6) is 1.42. The normalized spacial score (nSPS) is 19.3. The molecule has 1 amide bonds. The SMILES string of the molecule is O=C(Nc1cnc2[nH]nc(N3CCCC3)c2c1)c1ccc(N2CCC(O)C2)nc1. The number of aromatic amines is 1. The molecule has 3 N–H and O–H groups in total. The van der Waals surface area contributed by atoms with E-state index in [4.69, 9.17) is 0 Å². The Bertz CT molecular complexity index is 1030. The number of nitrogens with one attached hydrogen (secondary N) is 2. The van der Waals surface area contributed by atoms with Gasteiger partial charge in [-0.25, -0.2) is 9.97 Å². The minimum Gasteiger partial charge on any atom is -0.391 e. The van der Waals surface area contributed by atoms with Gasteiger partial charge in [-0.05, 0) is 37.5 Å². The van der Waals surface area contributed by atoms with Gasteiger partial charge >= 0.3 is 0 Å². The molecule has 2 aliphatic heterocycles. The van der Waals surface area contributed by atoms with Crippen LogP contribution in [0, 0.1) is 0 Å². The largest absolute Gasteiger partial charge is 0.391 e. The fourth-order valence-corrected chi connectivity index (χ4v) is 3.99. The molecule has 1 atom stereocenters. The van der Waals surface area contributed by atoms with Gasteiger partial charge in [-0.15, -0.1) is 0 Å². The van der Waals surface area contributed by atoms with Crippen molar-refractivity contribution in [3.05, 3.63) is 36.2 Å². The average Bonchev–Trinajstić information content (AvgIpc) is 3.48. The van der Waals surface area contributed by atoms with Crippen LogP contribution in [0.3, 0.4) is 0 Å². The van der Waals surface area contributed by atoms with Crippen molar-refractivity contribution in [2.75, 3.05) is 41.3 Å². The van der Waals surface area contributed by atoms with Gasteiger partial charge in [0.25, 0.3) is 5.91 Å². The number of anilines is 3. The number of aromatic nitrogens is 4. The van der Waals surface area contributed by atoms with E-state index in [2.05, 4.69) is 30.4 Å². The molecule has 0 aromatic carbocycles. The van der Waals surface area contributed by atoms with Crippen LogP contribution >= 0.6 is 0 Å². The molecule has 5 heterocycles. The number of β-amino-alcohol motifs (C(OH)–C–C–N with tert-alkyl or cyclic N) is 1. The lowest BCUT2D eigenvalue weighted by Gasteiger charge is -2.16. The molecule has 5 rings (SSSR count). The number of fused-ring (bicyclic) bond motifs is 1. The molecule has 1 unspecified atom stereocenters. The molecule has 3 aromatic rings. The number of carbonyl (C=O) groups is 1. The van der Waals surface area contributed by atoms with Crippen LogP contribution in [0.15, 0.2) is 30.6 Å². The second-order valence-corrected chi connectivity index (χ2v) is 7.61. The number of H-pyrrole nitrogens is 1. The van der Waals surface area contributed by atoms with Crippen molar-refractivity contribution in [1.29, 1.82) is 0 Å². The topological polar surface area (TPSA) is 110 Å². The maximum atomic E-state index is 12.6. The van der Waals surface area contributed by atoms with E-state index in [1.807, 2.05) is 17.0 Å². The number of carbonyl (C=O) groups excluding carboxylic acids is 1. The number of aliphatic hydroxyl groups is 1. The maximum absolute atomic E-state index is 12.6. The van der Waals surface area contributed by atoms with Gasteiger partial charge in [0, 0.05) is 32.4 Å². The Kier molecular flexibility index (Phi) is 4.51. The molecule has 0 saturated carbocycles. The third-order valence-corrected chi connectivity index (χ3v) is 5.56. The number of pyridine rings is 2. The zero-order valence-electron chi connectivity index (χ0n) is 16.0. The van der Waals surface area contributed by atoms with E-state index in [0.29, 0.717) is 23.4 Å². The van der Waals surface area contributed by atoms with Gasteiger partial charge in [0.2, 0.25) is 0 Å². The molecule has 0 aliphatic carbocycles. The summed E-state index contributed by atoms with van der Waals surface area (Å²) in [6.45, 7) is 3.33. The standard InChI is InChI=1S/C20H23N7O2/c28-15-5-8-27(12-15)17-4-3-13(10-21-17)20(29)23-14-9-16-18(22-11-14)24-25-19(16)26-6-1-2-7-26/h3-4,9-11,15,28H,1-2,5-8,12H2,(H,23,29)(H,22,24,25). The summed E-state index contributed by atoms with van der Waals surface area (Å²) >= 11 is 0. The van der Waals surface area contributed by atoms with Gasteiger partial charge in [0.05, 0.1) is 28.9 Å². The number of amides is 1. The third-order valence-electron chi connectivity index (χ3n) is 5.56. The van der Waals surface area contributed by atoms with Gasteiger partial charge in [-0.1, -0.05) is 0 Å². The van der Waals surface area contributed by atoms with Gasteiger partial charge in [0.15, 0.2) is 11.5 Å². The minimum absolute atomic E-state index is 0.238. The van der Waals surface area contributed by atoms with Crippen molar-refractivity contribution in [3.63, 3.8) is 0 Å². The second kappa shape index (κ2) is 7.32. The number of nitrogens with zero attached hydrogens (tertiary/aromatic N) is 5. The molecule has 150 valence electrons. The summed E-state index contributed by atoms with van der Waals surface area (Å²) in [5.41, 5.74) is 1.81. The molecular weight excluding hydrogens is 370 g/mol. The van der Waals surface area contributed by atoms with Crippen LogP contribution in [-0.4, -0.2) is 63.5 Å². The highest BCUT2D eigenvalue weighted by molar-refractivity contribution is 6.05. The predicted octanol–water partition coefficient (Wildman–Crippen LogP) is 1.78. The average molecular weight is 393 g/mol. The Labute approximate surface area is 167 Å². The van der Waals surface area contributed by atoms with E-state index in [0.717, 1.165) is 55.9 Å². The van der Waals surface area contributed by atoms with Crippen LogP contribution in [0.2, 0.25) is 0 Å². The Morgan fingerprint density at radius 2 is 2.00 bits per heavy atom. The number of rotatable bonds is 4. The van der Waals surface area contributed by atoms with E-state index in [1.165, 1.54) is 0 Å². The van der Waals surface area contributed by atoms with E-state index in [1.54, 1.807) is 18.5 Å². The first-order valence-corrected chi connectivity index (χ1v) is 9.97. The second-order valence-electron chi connectivity index (χ2n) is 7.61. The highest BCUT2D eigenvalue weighted by Gasteiger charge is 2.22. The molecule has 29 heavy (non-hydrogen) atoms. The molecule has 2 fully saturated rings. The van der Waals surface area contributed by atoms with Crippen LogP contribution in [-0.2, 0) is 0 Å². The third kappa shape index (κ3) is 3.49. The predicted molar refractivity (Wildman–Crippen MR) is 110 cm³/mol. The summed E-state index contributed by atoms with van der Waals surface area (Å²) in [6, 6.07) is 5.47. The summed E-state index contributed by atoms with van der Waals surface area (Å²) in [7, 11) is 0. The fourth-order valence-electron chi connectivity index (χ4n) is 3.99. The first kappa shape index (κ1) is 17.9. The van der Waals surface area contributed by atoms with Gasteiger partial charge in [-0.3, -0.25) is 9.89 Å². The fraction of sp³-hybridized carbons (Fsp3) is 0.400. The summed E-state index contributed by atoms with van der Waals surface area (Å²) < 4.78 is 0. The molecule has 0 bridgehead atoms. The van der Waals surface area contributed by atoms with Crippen LogP contribution in [0.4, 0.5) is 17.3 Å². The van der Waals surface area contributed by atoms with Crippen molar-refractivity contribution >= 4 is 34.3 Å². The summed E-state index contributed by atoms with van der Waals surface area (Å²) in [5, 5.41) is 20.8. The van der Waals surface area contributed by atoms with E-state index < -0.39 is 0 Å². The number of hydrogen-bond acceptors (Lipinski definition) is 7. The highest BCUT2D eigenvalue weighted by atomic mass is 16.3. The Hall–Kier alpha value is -3.20.